The van der Waals surface area contributed by atoms with E-state index in [0.29, 0.717) is 19.8 Å². The van der Waals surface area contributed by atoms with E-state index in [4.69, 9.17) is 4.74 Å². The van der Waals surface area contributed by atoms with Gasteiger partial charge in [0.2, 0.25) is 5.91 Å². The van der Waals surface area contributed by atoms with E-state index in [0.717, 1.165) is 25.7 Å². The molecule has 1 atom stereocenters. The number of hydrogen-bond donors (Lipinski definition) is 2. The Morgan fingerprint density at radius 1 is 1.53 bits per heavy atom. The summed E-state index contributed by atoms with van der Waals surface area (Å²) in [6, 6.07) is 2.12. The molecule has 0 aromatic rings. The lowest BCUT2D eigenvalue weighted by atomic mass is 10.00. The quantitative estimate of drug-likeness (QED) is 0.726. The molecule has 6 heteroatoms. The number of nitrogens with zero attached hydrogens (tertiary/aromatic N) is 2. The molecule has 1 saturated carbocycles. The van der Waals surface area contributed by atoms with Crippen molar-refractivity contribution < 1.29 is 14.6 Å². The van der Waals surface area contributed by atoms with E-state index in [1.807, 2.05) is 4.90 Å². The Morgan fingerprint density at radius 2 is 2.26 bits per heavy atom. The molecule has 6 nitrogen and oxygen atoms in total. The predicted octanol–water partition coefficient (Wildman–Crippen LogP) is -0.368. The van der Waals surface area contributed by atoms with E-state index in [1.54, 1.807) is 0 Å². The van der Waals surface area contributed by atoms with E-state index >= 15 is 0 Å². The summed E-state index contributed by atoms with van der Waals surface area (Å²) in [6.45, 7) is 1.87. The first-order valence-corrected chi connectivity index (χ1v) is 6.84. The van der Waals surface area contributed by atoms with E-state index < -0.39 is 5.54 Å². The highest BCUT2D eigenvalue weighted by Crippen LogP contribution is 2.28. The number of carbonyl (C=O) groups excluding carboxylic acids is 1. The monoisotopic (exact) mass is 267 g/mol. The third-order valence-electron chi connectivity index (χ3n) is 3.96. The number of aliphatic hydroxyl groups excluding tert-OH is 1. The van der Waals surface area contributed by atoms with Crippen molar-refractivity contribution >= 4 is 5.91 Å². The molecule has 0 radical (unpaired) electrons. The van der Waals surface area contributed by atoms with Crippen molar-refractivity contribution in [1.29, 1.82) is 5.26 Å². The highest BCUT2D eigenvalue weighted by molar-refractivity contribution is 5.79. The van der Waals surface area contributed by atoms with E-state index in [1.165, 1.54) is 0 Å². The van der Waals surface area contributed by atoms with Gasteiger partial charge in [0.25, 0.3) is 0 Å². The second-order valence-electron chi connectivity index (χ2n) is 5.33. The Balaban J connectivity index is 1.88. The van der Waals surface area contributed by atoms with E-state index in [-0.39, 0.29) is 25.1 Å². The van der Waals surface area contributed by atoms with Crippen LogP contribution in [0.1, 0.15) is 25.7 Å². The largest absolute Gasteiger partial charge is 0.395 e. The maximum atomic E-state index is 12.1. The minimum absolute atomic E-state index is 0.0172. The van der Waals surface area contributed by atoms with Gasteiger partial charge in [-0.25, -0.2) is 0 Å². The molecule has 0 bridgehead atoms. The van der Waals surface area contributed by atoms with Crippen LogP contribution >= 0.6 is 0 Å². The fraction of sp³-hybridized carbons (Fsp3) is 0.846. The Bertz CT molecular complexity index is 361. The average Bonchev–Trinajstić information content (AvgIpc) is 2.88. The van der Waals surface area contributed by atoms with Gasteiger partial charge in [0.05, 0.1) is 38.5 Å². The van der Waals surface area contributed by atoms with Crippen molar-refractivity contribution in [2.24, 2.45) is 0 Å². The van der Waals surface area contributed by atoms with Crippen LogP contribution in [0, 0.1) is 11.3 Å². The van der Waals surface area contributed by atoms with Crippen molar-refractivity contribution in [1.82, 2.24) is 10.2 Å². The Morgan fingerprint density at radius 3 is 2.89 bits per heavy atom. The molecule has 1 aliphatic heterocycles. The number of morpholine rings is 1. The van der Waals surface area contributed by atoms with Gasteiger partial charge in [0.15, 0.2) is 0 Å². The van der Waals surface area contributed by atoms with Crippen molar-refractivity contribution in [3.05, 3.63) is 0 Å². The Hall–Kier alpha value is -1.16. The van der Waals surface area contributed by atoms with Gasteiger partial charge in [0, 0.05) is 6.54 Å². The number of amides is 1. The zero-order valence-electron chi connectivity index (χ0n) is 11.1. The number of aliphatic hydroxyl groups is 1. The van der Waals surface area contributed by atoms with Gasteiger partial charge in [-0.2, -0.15) is 5.26 Å². The molecular weight excluding hydrogens is 246 g/mol. The zero-order chi connectivity index (χ0) is 13.7. The first-order chi connectivity index (χ1) is 9.19. The van der Waals surface area contributed by atoms with Gasteiger partial charge in [-0.05, 0) is 25.7 Å². The molecule has 1 aliphatic carbocycles. The summed E-state index contributed by atoms with van der Waals surface area (Å²) >= 11 is 0. The number of carbonyl (C=O) groups is 1. The standard InChI is InChI=1S/C13H21N3O3/c14-10-13(3-1-2-4-13)15-12(18)7-16-5-6-19-9-11(16)8-17/h11,17H,1-9H2,(H,15,18). The number of nitrogens with one attached hydrogen (secondary N) is 1. The Kier molecular flexibility index (Phi) is 4.75. The van der Waals surface area contributed by atoms with Gasteiger partial charge >= 0.3 is 0 Å². The highest BCUT2D eigenvalue weighted by Gasteiger charge is 2.36. The molecule has 1 unspecified atom stereocenters. The third kappa shape index (κ3) is 3.44. The normalized spacial score (nSPS) is 26.8. The minimum Gasteiger partial charge on any atom is -0.395 e. The molecule has 2 fully saturated rings. The Labute approximate surface area is 113 Å². The molecular formula is C13H21N3O3. The lowest BCUT2D eigenvalue weighted by Crippen LogP contribution is -2.54. The van der Waals surface area contributed by atoms with Crippen LogP contribution in [0.25, 0.3) is 0 Å². The zero-order valence-corrected chi connectivity index (χ0v) is 11.1. The highest BCUT2D eigenvalue weighted by atomic mass is 16.5. The molecule has 0 aromatic heterocycles. The first-order valence-electron chi connectivity index (χ1n) is 6.84. The second-order valence-corrected chi connectivity index (χ2v) is 5.33. The van der Waals surface area contributed by atoms with Crippen LogP contribution in [0.5, 0.6) is 0 Å². The molecule has 2 rings (SSSR count). The maximum absolute atomic E-state index is 12.1. The van der Waals surface area contributed by atoms with Crippen LogP contribution < -0.4 is 5.32 Å². The third-order valence-corrected chi connectivity index (χ3v) is 3.96. The van der Waals surface area contributed by atoms with Crippen molar-refractivity contribution in [3.63, 3.8) is 0 Å². The molecule has 1 saturated heterocycles. The molecule has 0 aromatic carbocycles. The summed E-state index contributed by atoms with van der Waals surface area (Å²) in [5.74, 6) is -0.135. The molecule has 106 valence electrons. The van der Waals surface area contributed by atoms with E-state index in [9.17, 15) is 15.2 Å². The number of nitriles is 1. The van der Waals surface area contributed by atoms with Crippen LogP contribution in [-0.2, 0) is 9.53 Å². The topological polar surface area (TPSA) is 85.6 Å². The summed E-state index contributed by atoms with van der Waals surface area (Å²) in [7, 11) is 0. The summed E-state index contributed by atoms with van der Waals surface area (Å²) in [4.78, 5) is 14.0. The van der Waals surface area contributed by atoms with Crippen LogP contribution in [0.2, 0.25) is 0 Å². The van der Waals surface area contributed by atoms with Crippen LogP contribution in [0.3, 0.4) is 0 Å². The van der Waals surface area contributed by atoms with Crippen LogP contribution in [0.4, 0.5) is 0 Å². The van der Waals surface area contributed by atoms with E-state index in [2.05, 4.69) is 11.4 Å². The number of hydrogen-bond acceptors (Lipinski definition) is 5. The molecule has 1 amide bonds. The second kappa shape index (κ2) is 6.33. The van der Waals surface area contributed by atoms with Crippen molar-refractivity contribution in [3.8, 4) is 6.07 Å². The number of ether oxygens (including phenoxy) is 1. The van der Waals surface area contributed by atoms with Crippen LogP contribution in [-0.4, -0.2) is 60.4 Å². The minimum atomic E-state index is -0.669. The fourth-order valence-electron chi connectivity index (χ4n) is 2.80. The molecule has 2 aliphatic rings. The molecule has 1 heterocycles. The van der Waals surface area contributed by atoms with Crippen molar-refractivity contribution in [2.75, 3.05) is 32.9 Å². The smallest absolute Gasteiger partial charge is 0.235 e. The van der Waals surface area contributed by atoms with Gasteiger partial charge in [0.1, 0.15) is 5.54 Å². The van der Waals surface area contributed by atoms with Crippen LogP contribution in [0.15, 0.2) is 0 Å². The van der Waals surface area contributed by atoms with Gasteiger partial charge in [-0.15, -0.1) is 0 Å². The molecule has 0 spiro atoms. The maximum Gasteiger partial charge on any atom is 0.235 e. The summed E-state index contributed by atoms with van der Waals surface area (Å²) in [6.07, 6.45) is 3.46. The summed E-state index contributed by atoms with van der Waals surface area (Å²) < 4.78 is 5.27. The average molecular weight is 267 g/mol. The summed E-state index contributed by atoms with van der Waals surface area (Å²) in [5.41, 5.74) is -0.669. The SMILES string of the molecule is N#CC1(NC(=O)CN2CCOCC2CO)CCCC1. The molecule has 2 N–H and O–H groups in total. The first kappa shape index (κ1) is 14.3. The summed E-state index contributed by atoms with van der Waals surface area (Å²) in [5, 5.41) is 21.4. The molecule has 19 heavy (non-hydrogen) atoms. The van der Waals surface area contributed by atoms with Gasteiger partial charge < -0.3 is 15.2 Å². The fourth-order valence-corrected chi connectivity index (χ4v) is 2.80. The number of rotatable bonds is 4. The lowest BCUT2D eigenvalue weighted by molar-refractivity contribution is -0.126. The predicted molar refractivity (Wildman–Crippen MR) is 68.2 cm³/mol. The van der Waals surface area contributed by atoms with Crippen molar-refractivity contribution in [2.45, 2.75) is 37.3 Å². The lowest BCUT2D eigenvalue weighted by Gasteiger charge is -2.34. The van der Waals surface area contributed by atoms with Gasteiger partial charge in [-0.1, -0.05) is 0 Å². The van der Waals surface area contributed by atoms with Gasteiger partial charge in [-0.3, -0.25) is 9.69 Å².